The number of rotatable bonds is 7. The van der Waals surface area contributed by atoms with Gasteiger partial charge in [-0.3, -0.25) is 0 Å². The van der Waals surface area contributed by atoms with Gasteiger partial charge in [-0.25, -0.2) is 13.1 Å². The first-order chi connectivity index (χ1) is 7.16. The van der Waals surface area contributed by atoms with Crippen molar-refractivity contribution in [3.05, 3.63) is 0 Å². The number of alkyl halides is 3. The maximum atomic E-state index is 11.9. The van der Waals surface area contributed by atoms with Crippen LogP contribution >= 0.6 is 0 Å². The second-order valence-corrected chi connectivity index (χ2v) is 5.42. The first-order valence-electron chi connectivity index (χ1n) is 4.94. The lowest BCUT2D eigenvalue weighted by atomic mass is 10.2. The fourth-order valence-corrected chi connectivity index (χ4v) is 2.12. The van der Waals surface area contributed by atoms with E-state index in [0.29, 0.717) is 0 Å². The van der Waals surface area contributed by atoms with Crippen LogP contribution < -0.4 is 10.0 Å². The van der Waals surface area contributed by atoms with Crippen LogP contribution in [0.1, 0.15) is 20.3 Å². The van der Waals surface area contributed by atoms with Gasteiger partial charge in [0.25, 0.3) is 0 Å². The highest BCUT2D eigenvalue weighted by atomic mass is 32.2. The van der Waals surface area contributed by atoms with Crippen molar-refractivity contribution in [3.8, 4) is 0 Å². The standard InChI is InChI=1S/C8H17F3N2O2S/c1-3-13-16(14,15)5-4-12-7(2)6-8(9,10)11/h7,12-13H,3-6H2,1-2H3. The van der Waals surface area contributed by atoms with Gasteiger partial charge >= 0.3 is 6.18 Å². The molecular weight excluding hydrogens is 245 g/mol. The highest BCUT2D eigenvalue weighted by molar-refractivity contribution is 7.89. The first-order valence-corrected chi connectivity index (χ1v) is 6.59. The third kappa shape index (κ3) is 8.93. The maximum absolute atomic E-state index is 11.9. The zero-order valence-electron chi connectivity index (χ0n) is 9.26. The summed E-state index contributed by atoms with van der Waals surface area (Å²) in [4.78, 5) is 0. The van der Waals surface area contributed by atoms with Gasteiger partial charge in [-0.15, -0.1) is 0 Å². The van der Waals surface area contributed by atoms with Gasteiger partial charge in [-0.05, 0) is 6.92 Å². The molecule has 0 aromatic heterocycles. The summed E-state index contributed by atoms with van der Waals surface area (Å²) >= 11 is 0. The van der Waals surface area contributed by atoms with Gasteiger partial charge in [0, 0.05) is 19.1 Å². The van der Waals surface area contributed by atoms with E-state index in [1.54, 1.807) is 6.92 Å². The Labute approximate surface area is 93.7 Å². The normalized spacial score (nSPS) is 15.1. The second kappa shape index (κ2) is 6.41. The lowest BCUT2D eigenvalue weighted by Crippen LogP contribution is -2.37. The fraction of sp³-hybridized carbons (Fsp3) is 1.00. The molecule has 0 radical (unpaired) electrons. The molecule has 0 aliphatic carbocycles. The highest BCUT2D eigenvalue weighted by Crippen LogP contribution is 2.21. The van der Waals surface area contributed by atoms with Crippen molar-refractivity contribution in [2.24, 2.45) is 0 Å². The minimum Gasteiger partial charge on any atom is -0.313 e. The molecule has 0 fully saturated rings. The summed E-state index contributed by atoms with van der Waals surface area (Å²) < 4.78 is 60.3. The summed E-state index contributed by atoms with van der Waals surface area (Å²) in [5, 5.41) is 2.51. The minimum absolute atomic E-state index is 0.00653. The maximum Gasteiger partial charge on any atom is 0.390 e. The molecule has 0 spiro atoms. The zero-order valence-corrected chi connectivity index (χ0v) is 10.1. The van der Waals surface area contributed by atoms with Gasteiger partial charge in [0.05, 0.1) is 12.2 Å². The zero-order chi connectivity index (χ0) is 12.8. The third-order valence-electron chi connectivity index (χ3n) is 1.77. The molecule has 1 atom stereocenters. The average Bonchev–Trinajstić information content (AvgIpc) is 1.99. The predicted octanol–water partition coefficient (Wildman–Crippen LogP) is 0.856. The first kappa shape index (κ1) is 15.7. The molecule has 0 amide bonds. The average molecular weight is 262 g/mol. The Morgan fingerprint density at radius 1 is 1.31 bits per heavy atom. The molecule has 0 saturated carbocycles. The smallest absolute Gasteiger partial charge is 0.313 e. The van der Waals surface area contributed by atoms with Crippen molar-refractivity contribution >= 4 is 10.0 Å². The van der Waals surface area contributed by atoms with Crippen LogP contribution in [0, 0.1) is 0 Å². The number of nitrogens with one attached hydrogen (secondary N) is 2. The van der Waals surface area contributed by atoms with Crippen molar-refractivity contribution in [1.29, 1.82) is 0 Å². The Bertz CT molecular complexity index is 290. The van der Waals surface area contributed by atoms with Crippen LogP contribution in [0.25, 0.3) is 0 Å². The second-order valence-electron chi connectivity index (χ2n) is 3.49. The Morgan fingerprint density at radius 3 is 2.31 bits per heavy atom. The molecule has 0 aliphatic rings. The SMILES string of the molecule is CCNS(=O)(=O)CCNC(C)CC(F)(F)F. The predicted molar refractivity (Wildman–Crippen MR) is 55.6 cm³/mol. The van der Waals surface area contributed by atoms with Gasteiger partial charge in [-0.1, -0.05) is 6.92 Å². The van der Waals surface area contributed by atoms with Crippen molar-refractivity contribution < 1.29 is 21.6 Å². The molecule has 0 bridgehead atoms. The van der Waals surface area contributed by atoms with Crippen LogP contribution in [-0.4, -0.2) is 39.5 Å². The Kier molecular flexibility index (Phi) is 6.27. The molecule has 2 N–H and O–H groups in total. The van der Waals surface area contributed by atoms with E-state index >= 15 is 0 Å². The lowest BCUT2D eigenvalue weighted by molar-refractivity contribution is -0.138. The van der Waals surface area contributed by atoms with Gasteiger partial charge in [0.15, 0.2) is 0 Å². The summed E-state index contributed by atoms with van der Waals surface area (Å²) in [5.74, 6) is -0.219. The van der Waals surface area contributed by atoms with Crippen molar-refractivity contribution in [2.75, 3.05) is 18.8 Å². The molecule has 0 aromatic rings. The molecule has 0 aromatic carbocycles. The molecule has 98 valence electrons. The largest absolute Gasteiger partial charge is 0.390 e. The topological polar surface area (TPSA) is 58.2 Å². The van der Waals surface area contributed by atoms with E-state index in [1.165, 1.54) is 6.92 Å². The third-order valence-corrected chi connectivity index (χ3v) is 3.24. The number of halogens is 3. The molecule has 0 heterocycles. The molecular formula is C8H17F3N2O2S. The molecule has 1 unspecified atom stereocenters. The van der Waals surface area contributed by atoms with Crippen LogP contribution in [0.3, 0.4) is 0 Å². The van der Waals surface area contributed by atoms with Crippen LogP contribution in [0.15, 0.2) is 0 Å². The van der Waals surface area contributed by atoms with E-state index in [9.17, 15) is 21.6 Å². The van der Waals surface area contributed by atoms with Crippen LogP contribution in [-0.2, 0) is 10.0 Å². The summed E-state index contributed by atoms with van der Waals surface area (Å²) in [7, 11) is -3.36. The van der Waals surface area contributed by atoms with E-state index in [2.05, 4.69) is 10.0 Å². The number of hydrogen-bond donors (Lipinski definition) is 2. The van der Waals surface area contributed by atoms with E-state index in [4.69, 9.17) is 0 Å². The molecule has 0 saturated heterocycles. The van der Waals surface area contributed by atoms with Crippen LogP contribution in [0.2, 0.25) is 0 Å². The molecule has 0 rings (SSSR count). The van der Waals surface area contributed by atoms with Crippen LogP contribution in [0.5, 0.6) is 0 Å². The Morgan fingerprint density at radius 2 is 1.88 bits per heavy atom. The lowest BCUT2D eigenvalue weighted by Gasteiger charge is -2.15. The minimum atomic E-state index is -4.23. The summed E-state index contributed by atoms with van der Waals surface area (Å²) in [6.45, 7) is 3.29. The Hall–Kier alpha value is -0.340. The van der Waals surface area contributed by atoms with Crippen LogP contribution in [0.4, 0.5) is 13.2 Å². The highest BCUT2D eigenvalue weighted by Gasteiger charge is 2.29. The molecule has 0 aliphatic heterocycles. The number of sulfonamides is 1. The number of hydrogen-bond acceptors (Lipinski definition) is 3. The summed E-state index contributed by atoms with van der Waals surface area (Å²) in [6, 6.07) is -0.781. The van der Waals surface area contributed by atoms with Gasteiger partial charge in [-0.2, -0.15) is 13.2 Å². The van der Waals surface area contributed by atoms with Crippen molar-refractivity contribution in [3.63, 3.8) is 0 Å². The van der Waals surface area contributed by atoms with E-state index in [0.717, 1.165) is 0 Å². The fourth-order valence-electron chi connectivity index (χ4n) is 1.15. The van der Waals surface area contributed by atoms with E-state index in [-0.39, 0.29) is 18.8 Å². The quantitative estimate of drug-likeness (QED) is 0.715. The molecule has 4 nitrogen and oxygen atoms in total. The molecule has 8 heteroatoms. The van der Waals surface area contributed by atoms with Gasteiger partial charge in [0.1, 0.15) is 0 Å². The van der Waals surface area contributed by atoms with Gasteiger partial charge < -0.3 is 5.32 Å². The van der Waals surface area contributed by atoms with Crippen molar-refractivity contribution in [2.45, 2.75) is 32.5 Å². The monoisotopic (exact) mass is 262 g/mol. The van der Waals surface area contributed by atoms with Gasteiger partial charge in [0.2, 0.25) is 10.0 Å². The van der Waals surface area contributed by atoms with Crippen molar-refractivity contribution in [1.82, 2.24) is 10.0 Å². The van der Waals surface area contributed by atoms with E-state index < -0.39 is 28.7 Å². The Balaban J connectivity index is 3.82. The van der Waals surface area contributed by atoms with E-state index in [1.807, 2.05) is 0 Å². The molecule has 16 heavy (non-hydrogen) atoms. The summed E-state index contributed by atoms with van der Waals surface area (Å²) in [6.07, 6.45) is -5.19. The summed E-state index contributed by atoms with van der Waals surface area (Å²) in [5.41, 5.74) is 0.